The second-order valence-corrected chi connectivity index (χ2v) is 10.2. The van der Waals surface area contributed by atoms with Gasteiger partial charge in [-0.3, -0.25) is 0 Å². The molecule has 1 N–H and O–H groups in total. The van der Waals surface area contributed by atoms with E-state index in [1.807, 2.05) is 0 Å². The van der Waals surface area contributed by atoms with Crippen LogP contribution in [0.4, 0.5) is 0 Å². The number of unbranched alkanes of at least 4 members (excludes halogenated alkanes) is 24. The Morgan fingerprint density at radius 1 is 0.281 bits per heavy atom. The number of hydrogen-bond donors (Lipinski definition) is 1. The monoisotopic (exact) mass is 473 g/mol. The molecule has 0 amide bonds. The van der Waals surface area contributed by atoms with Gasteiger partial charge in [0.05, 0.1) is 0 Å². The average Bonchev–Trinajstić information content (AvgIpc) is 2.78. The van der Waals surface area contributed by atoms with E-state index in [0.29, 0.717) is 0 Å². The Kier molecular flexibility index (Phi) is 35.9. The largest absolute Gasteiger partial charge is 0.317 e. The van der Waals surface area contributed by atoms with Gasteiger partial charge in [-0.05, 0) is 25.9 Å². The Bertz CT molecular complexity index is 267. The number of hydrogen-bond acceptors (Lipinski definition) is 1. The maximum absolute atomic E-state index is 3.66. The van der Waals surface area contributed by atoms with Crippen molar-refractivity contribution in [1.29, 1.82) is 0 Å². The van der Waals surface area contributed by atoms with E-state index in [1.54, 1.807) is 0 Å². The minimum absolute atomic E-state index is 0. The van der Waals surface area contributed by atoms with Crippen LogP contribution in [0.1, 0.15) is 181 Å². The van der Waals surface area contributed by atoms with Crippen molar-refractivity contribution < 1.29 is 0 Å². The summed E-state index contributed by atoms with van der Waals surface area (Å²) in [5.41, 5.74) is 0. The van der Waals surface area contributed by atoms with E-state index in [1.165, 1.54) is 180 Å². The fraction of sp³-hybridized carbons (Fsp3) is 1.00. The Morgan fingerprint density at radius 3 is 0.688 bits per heavy atom. The molecular formula is C30H64ClN. The third kappa shape index (κ3) is 32.4. The Morgan fingerprint density at radius 2 is 0.469 bits per heavy atom. The van der Waals surface area contributed by atoms with Gasteiger partial charge in [-0.2, -0.15) is 0 Å². The van der Waals surface area contributed by atoms with Crippen molar-refractivity contribution in [2.24, 2.45) is 0 Å². The zero-order valence-electron chi connectivity index (χ0n) is 22.7. The lowest BCUT2D eigenvalue weighted by molar-refractivity contribution is 0.519. The standard InChI is InChI=1S/C30H63N.ClH/c1-3-5-7-9-11-13-15-17-19-21-23-25-27-29-31-30-28-26-24-22-20-18-16-14-12-10-8-6-4-2;/h31H,3-30H2,1-2H3;1H. The first-order valence-corrected chi connectivity index (χ1v) is 15.1. The molecule has 0 aliphatic heterocycles. The van der Waals surface area contributed by atoms with Crippen LogP contribution in [0.25, 0.3) is 0 Å². The first-order valence-electron chi connectivity index (χ1n) is 15.1. The van der Waals surface area contributed by atoms with E-state index in [0.717, 1.165) is 0 Å². The molecule has 0 atom stereocenters. The SMILES string of the molecule is CCCCCCCCCCCCCCCNCCCCCCCCCCCCCCC.Cl. The summed E-state index contributed by atoms with van der Waals surface area (Å²) in [6, 6.07) is 0. The first-order chi connectivity index (χ1) is 15.4. The number of halogens is 1. The minimum atomic E-state index is 0. The van der Waals surface area contributed by atoms with Crippen molar-refractivity contribution in [3.05, 3.63) is 0 Å². The molecule has 0 saturated heterocycles. The highest BCUT2D eigenvalue weighted by Crippen LogP contribution is 2.13. The van der Waals surface area contributed by atoms with E-state index in [4.69, 9.17) is 0 Å². The molecule has 0 aliphatic rings. The molecule has 0 aliphatic carbocycles. The first kappa shape index (κ1) is 34.4. The molecule has 1 nitrogen and oxygen atoms in total. The molecule has 0 rings (SSSR count). The second-order valence-electron chi connectivity index (χ2n) is 10.2. The summed E-state index contributed by atoms with van der Waals surface area (Å²) >= 11 is 0. The van der Waals surface area contributed by atoms with Crippen molar-refractivity contribution >= 4 is 12.4 Å². The lowest BCUT2D eigenvalue weighted by Crippen LogP contribution is -2.16. The summed E-state index contributed by atoms with van der Waals surface area (Å²) in [6.07, 6.45) is 37.7. The fourth-order valence-corrected chi connectivity index (χ4v) is 4.66. The average molecular weight is 474 g/mol. The summed E-state index contributed by atoms with van der Waals surface area (Å²) in [5, 5.41) is 3.66. The van der Waals surface area contributed by atoms with E-state index in [9.17, 15) is 0 Å². The van der Waals surface area contributed by atoms with Crippen LogP contribution in [0.5, 0.6) is 0 Å². The predicted octanol–water partition coefficient (Wildman–Crippen LogP) is 11.2. The number of nitrogens with one attached hydrogen (secondary N) is 1. The summed E-state index contributed by atoms with van der Waals surface area (Å²) in [7, 11) is 0. The molecule has 2 heteroatoms. The van der Waals surface area contributed by atoms with Crippen LogP contribution in [0.2, 0.25) is 0 Å². The quantitative estimate of drug-likeness (QED) is 0.111. The molecule has 196 valence electrons. The number of rotatable bonds is 28. The molecule has 0 unspecified atom stereocenters. The maximum atomic E-state index is 3.66. The van der Waals surface area contributed by atoms with Gasteiger partial charge in [0.1, 0.15) is 0 Å². The third-order valence-electron chi connectivity index (χ3n) is 6.91. The highest BCUT2D eigenvalue weighted by Gasteiger charge is 1.96. The van der Waals surface area contributed by atoms with E-state index < -0.39 is 0 Å². The zero-order valence-corrected chi connectivity index (χ0v) is 23.5. The smallest absolute Gasteiger partial charge is 0.00489 e. The fourth-order valence-electron chi connectivity index (χ4n) is 4.66. The van der Waals surface area contributed by atoms with Crippen molar-refractivity contribution in [3.8, 4) is 0 Å². The van der Waals surface area contributed by atoms with Gasteiger partial charge < -0.3 is 5.32 Å². The van der Waals surface area contributed by atoms with Gasteiger partial charge in [0, 0.05) is 0 Å². The van der Waals surface area contributed by atoms with Crippen molar-refractivity contribution in [3.63, 3.8) is 0 Å². The molecule has 32 heavy (non-hydrogen) atoms. The summed E-state index contributed by atoms with van der Waals surface area (Å²) in [4.78, 5) is 0. The van der Waals surface area contributed by atoms with Crippen LogP contribution in [-0.4, -0.2) is 13.1 Å². The Balaban J connectivity index is 0. The molecule has 0 heterocycles. The molecule has 0 aromatic heterocycles. The second kappa shape index (κ2) is 33.4. The van der Waals surface area contributed by atoms with E-state index in [-0.39, 0.29) is 12.4 Å². The minimum Gasteiger partial charge on any atom is -0.317 e. The Labute approximate surface area is 211 Å². The normalized spacial score (nSPS) is 11.1. The zero-order chi connectivity index (χ0) is 22.5. The summed E-state index contributed by atoms with van der Waals surface area (Å²) < 4.78 is 0. The molecular weight excluding hydrogens is 410 g/mol. The Hall–Kier alpha value is 0.250. The molecule has 0 radical (unpaired) electrons. The highest BCUT2D eigenvalue weighted by atomic mass is 35.5. The lowest BCUT2D eigenvalue weighted by atomic mass is 10.0. The molecule has 0 aromatic rings. The van der Waals surface area contributed by atoms with Crippen LogP contribution >= 0.6 is 12.4 Å². The molecule has 0 bridgehead atoms. The van der Waals surface area contributed by atoms with Gasteiger partial charge in [-0.25, -0.2) is 0 Å². The van der Waals surface area contributed by atoms with Gasteiger partial charge in [-0.15, -0.1) is 12.4 Å². The van der Waals surface area contributed by atoms with Crippen LogP contribution in [0, 0.1) is 0 Å². The summed E-state index contributed by atoms with van der Waals surface area (Å²) in [6.45, 7) is 7.10. The molecule has 0 saturated carbocycles. The van der Waals surface area contributed by atoms with Gasteiger partial charge in [0.25, 0.3) is 0 Å². The topological polar surface area (TPSA) is 12.0 Å². The third-order valence-corrected chi connectivity index (χ3v) is 6.91. The van der Waals surface area contributed by atoms with Crippen molar-refractivity contribution in [2.75, 3.05) is 13.1 Å². The molecule has 0 fully saturated rings. The maximum Gasteiger partial charge on any atom is -0.00489 e. The summed E-state index contributed by atoms with van der Waals surface area (Å²) in [5.74, 6) is 0. The van der Waals surface area contributed by atoms with Crippen molar-refractivity contribution in [1.82, 2.24) is 5.32 Å². The van der Waals surface area contributed by atoms with Crippen LogP contribution in [0.3, 0.4) is 0 Å². The predicted molar refractivity (Wildman–Crippen MR) is 152 cm³/mol. The van der Waals surface area contributed by atoms with Crippen LogP contribution < -0.4 is 5.32 Å². The van der Waals surface area contributed by atoms with Gasteiger partial charge in [-0.1, -0.05) is 168 Å². The molecule has 0 aromatic carbocycles. The van der Waals surface area contributed by atoms with Gasteiger partial charge in [0.15, 0.2) is 0 Å². The molecule has 0 spiro atoms. The van der Waals surface area contributed by atoms with Gasteiger partial charge >= 0.3 is 0 Å². The van der Waals surface area contributed by atoms with Gasteiger partial charge in [0.2, 0.25) is 0 Å². The van der Waals surface area contributed by atoms with Crippen molar-refractivity contribution in [2.45, 2.75) is 181 Å². The van der Waals surface area contributed by atoms with Crippen LogP contribution in [0.15, 0.2) is 0 Å². The van der Waals surface area contributed by atoms with E-state index >= 15 is 0 Å². The van der Waals surface area contributed by atoms with Crippen LogP contribution in [-0.2, 0) is 0 Å². The highest BCUT2D eigenvalue weighted by molar-refractivity contribution is 5.85. The van der Waals surface area contributed by atoms with E-state index in [2.05, 4.69) is 19.2 Å². The lowest BCUT2D eigenvalue weighted by Gasteiger charge is -2.06.